The van der Waals surface area contributed by atoms with Crippen LogP contribution in [0.5, 0.6) is 0 Å². The fraction of sp³-hybridized carbons (Fsp3) is 0.211. The quantitative estimate of drug-likeness (QED) is 0.662. The van der Waals surface area contributed by atoms with E-state index in [-0.39, 0.29) is 0 Å². The van der Waals surface area contributed by atoms with Gasteiger partial charge < -0.3 is 4.90 Å². The van der Waals surface area contributed by atoms with Gasteiger partial charge in [0, 0.05) is 17.1 Å². The molecule has 0 bridgehead atoms. The van der Waals surface area contributed by atoms with Crippen molar-refractivity contribution in [2.24, 2.45) is 0 Å². The molecule has 0 fully saturated rings. The maximum absolute atomic E-state index is 4.82. The van der Waals surface area contributed by atoms with Crippen LogP contribution < -0.4 is 4.90 Å². The molecular weight excluding hydrogens is 256 g/mol. The topological polar surface area (TPSA) is 16.1 Å². The van der Waals surface area contributed by atoms with Crippen molar-refractivity contribution in [3.05, 3.63) is 66.2 Å². The van der Waals surface area contributed by atoms with Crippen molar-refractivity contribution >= 4 is 22.4 Å². The second kappa shape index (κ2) is 5.57. The summed E-state index contributed by atoms with van der Waals surface area (Å²) in [5.41, 5.74) is 3.49. The Kier molecular flexibility index (Phi) is 3.61. The van der Waals surface area contributed by atoms with Crippen LogP contribution in [-0.2, 0) is 0 Å². The van der Waals surface area contributed by atoms with Gasteiger partial charge in [0.25, 0.3) is 0 Å². The number of hydrogen-bond donors (Lipinski definition) is 0. The summed E-state index contributed by atoms with van der Waals surface area (Å²) in [5.74, 6) is 0.993. The Labute approximate surface area is 126 Å². The summed E-state index contributed by atoms with van der Waals surface area (Å²) in [6.45, 7) is 6.49. The molecule has 2 nitrogen and oxygen atoms in total. The normalized spacial score (nSPS) is 11.0. The van der Waals surface area contributed by atoms with E-state index in [1.54, 1.807) is 0 Å². The average Bonchev–Trinajstić information content (AvgIpc) is 2.49. The van der Waals surface area contributed by atoms with E-state index < -0.39 is 0 Å². The van der Waals surface area contributed by atoms with Crippen LogP contribution in [0.25, 0.3) is 10.9 Å². The van der Waals surface area contributed by atoms with E-state index in [0.29, 0.717) is 6.04 Å². The first-order valence-corrected chi connectivity index (χ1v) is 7.37. The second-order valence-corrected chi connectivity index (χ2v) is 5.66. The molecule has 106 valence electrons. The lowest BCUT2D eigenvalue weighted by Gasteiger charge is -2.28. The van der Waals surface area contributed by atoms with Gasteiger partial charge in [-0.05, 0) is 51.1 Å². The van der Waals surface area contributed by atoms with E-state index in [0.717, 1.165) is 11.3 Å². The molecule has 0 aliphatic carbocycles. The van der Waals surface area contributed by atoms with E-state index >= 15 is 0 Å². The first-order chi connectivity index (χ1) is 10.1. The summed E-state index contributed by atoms with van der Waals surface area (Å²) in [5, 5.41) is 1.17. The number of aromatic nitrogens is 1. The van der Waals surface area contributed by atoms with Gasteiger partial charge in [-0.3, -0.25) is 0 Å². The molecule has 0 saturated carbocycles. The summed E-state index contributed by atoms with van der Waals surface area (Å²) in [4.78, 5) is 7.09. The molecule has 1 aromatic heterocycles. The van der Waals surface area contributed by atoms with E-state index in [2.05, 4.69) is 74.2 Å². The smallest absolute Gasteiger partial charge is 0.133 e. The van der Waals surface area contributed by atoms with Gasteiger partial charge in [0.1, 0.15) is 5.82 Å². The number of para-hydroxylation sites is 1. The monoisotopic (exact) mass is 276 g/mol. The van der Waals surface area contributed by atoms with Gasteiger partial charge in [0.15, 0.2) is 0 Å². The van der Waals surface area contributed by atoms with Gasteiger partial charge in [-0.15, -0.1) is 0 Å². The molecule has 0 aliphatic rings. The van der Waals surface area contributed by atoms with Crippen LogP contribution in [0, 0.1) is 6.92 Å². The third-order valence-electron chi connectivity index (χ3n) is 3.66. The number of pyridine rings is 1. The predicted molar refractivity (Wildman–Crippen MR) is 90.2 cm³/mol. The van der Waals surface area contributed by atoms with Gasteiger partial charge in [-0.1, -0.05) is 35.9 Å². The van der Waals surface area contributed by atoms with Crippen molar-refractivity contribution in [3.63, 3.8) is 0 Å². The second-order valence-electron chi connectivity index (χ2n) is 5.66. The summed E-state index contributed by atoms with van der Waals surface area (Å²) in [6, 6.07) is 21.4. The van der Waals surface area contributed by atoms with Crippen molar-refractivity contribution in [1.29, 1.82) is 0 Å². The Bertz CT molecular complexity index is 745. The lowest BCUT2D eigenvalue weighted by atomic mass is 10.1. The third kappa shape index (κ3) is 2.75. The summed E-state index contributed by atoms with van der Waals surface area (Å²) in [6.07, 6.45) is 0. The van der Waals surface area contributed by atoms with Crippen LogP contribution in [0.4, 0.5) is 11.5 Å². The van der Waals surface area contributed by atoms with Crippen molar-refractivity contribution in [3.8, 4) is 0 Å². The molecule has 0 saturated heterocycles. The minimum Gasteiger partial charge on any atom is -0.324 e. The molecule has 2 heteroatoms. The largest absolute Gasteiger partial charge is 0.324 e. The zero-order valence-electron chi connectivity index (χ0n) is 12.7. The predicted octanol–water partition coefficient (Wildman–Crippen LogP) is 5.09. The molecule has 2 aromatic carbocycles. The standard InChI is InChI=1S/C19H20N2/c1-14(2)21(17-11-8-15(3)9-12-17)19-13-10-16-6-4-5-7-18(16)20-19/h4-14H,1-3H3. The number of nitrogens with zero attached hydrogens (tertiary/aromatic N) is 2. The molecule has 0 amide bonds. The van der Waals surface area contributed by atoms with Crippen molar-refractivity contribution in [2.45, 2.75) is 26.8 Å². The highest BCUT2D eigenvalue weighted by atomic mass is 15.2. The molecule has 1 heterocycles. The van der Waals surface area contributed by atoms with Crippen LogP contribution in [0.3, 0.4) is 0 Å². The Morgan fingerprint density at radius 3 is 2.29 bits per heavy atom. The van der Waals surface area contributed by atoms with Crippen LogP contribution in [0.1, 0.15) is 19.4 Å². The molecule has 0 atom stereocenters. The van der Waals surface area contributed by atoms with Crippen LogP contribution >= 0.6 is 0 Å². The molecule has 0 unspecified atom stereocenters. The Morgan fingerprint density at radius 2 is 1.57 bits per heavy atom. The molecule has 0 N–H and O–H groups in total. The minimum atomic E-state index is 0.348. The number of hydrogen-bond acceptors (Lipinski definition) is 2. The highest BCUT2D eigenvalue weighted by molar-refractivity contribution is 5.81. The van der Waals surface area contributed by atoms with Crippen molar-refractivity contribution in [1.82, 2.24) is 4.98 Å². The number of benzene rings is 2. The fourth-order valence-electron chi connectivity index (χ4n) is 2.59. The first kappa shape index (κ1) is 13.6. The lowest BCUT2D eigenvalue weighted by Crippen LogP contribution is -2.26. The van der Waals surface area contributed by atoms with E-state index in [4.69, 9.17) is 4.98 Å². The third-order valence-corrected chi connectivity index (χ3v) is 3.66. The van der Waals surface area contributed by atoms with Gasteiger partial charge >= 0.3 is 0 Å². The van der Waals surface area contributed by atoms with Crippen LogP contribution in [0.2, 0.25) is 0 Å². The van der Waals surface area contributed by atoms with E-state index in [1.807, 2.05) is 12.1 Å². The zero-order valence-corrected chi connectivity index (χ0v) is 12.7. The van der Waals surface area contributed by atoms with Crippen molar-refractivity contribution < 1.29 is 0 Å². The lowest BCUT2D eigenvalue weighted by molar-refractivity contribution is 0.779. The van der Waals surface area contributed by atoms with Crippen molar-refractivity contribution in [2.75, 3.05) is 4.90 Å². The first-order valence-electron chi connectivity index (χ1n) is 7.37. The summed E-state index contributed by atoms with van der Waals surface area (Å²) < 4.78 is 0. The number of fused-ring (bicyclic) bond motifs is 1. The average molecular weight is 276 g/mol. The molecule has 3 rings (SSSR count). The fourth-order valence-corrected chi connectivity index (χ4v) is 2.59. The summed E-state index contributed by atoms with van der Waals surface area (Å²) in [7, 11) is 0. The molecule has 21 heavy (non-hydrogen) atoms. The van der Waals surface area contributed by atoms with Gasteiger partial charge in [-0.25, -0.2) is 4.98 Å². The van der Waals surface area contributed by atoms with E-state index in [1.165, 1.54) is 16.6 Å². The van der Waals surface area contributed by atoms with Gasteiger partial charge in [-0.2, -0.15) is 0 Å². The molecule has 0 spiro atoms. The number of anilines is 2. The maximum atomic E-state index is 4.82. The zero-order chi connectivity index (χ0) is 14.8. The van der Waals surface area contributed by atoms with Crippen LogP contribution in [0.15, 0.2) is 60.7 Å². The molecular formula is C19H20N2. The molecule has 3 aromatic rings. The highest BCUT2D eigenvalue weighted by Crippen LogP contribution is 2.28. The summed E-state index contributed by atoms with van der Waals surface area (Å²) >= 11 is 0. The van der Waals surface area contributed by atoms with E-state index in [9.17, 15) is 0 Å². The van der Waals surface area contributed by atoms with Gasteiger partial charge in [0.05, 0.1) is 5.52 Å². The highest BCUT2D eigenvalue weighted by Gasteiger charge is 2.14. The Morgan fingerprint density at radius 1 is 0.857 bits per heavy atom. The number of aryl methyl sites for hydroxylation is 1. The number of rotatable bonds is 3. The maximum Gasteiger partial charge on any atom is 0.133 e. The molecule has 0 aliphatic heterocycles. The van der Waals surface area contributed by atoms with Gasteiger partial charge in [0.2, 0.25) is 0 Å². The Balaban J connectivity index is 2.08. The Hall–Kier alpha value is -2.35. The SMILES string of the molecule is Cc1ccc(N(c2ccc3ccccc3n2)C(C)C)cc1. The molecule has 0 radical (unpaired) electrons. The minimum absolute atomic E-state index is 0.348. The van der Waals surface area contributed by atoms with Crippen LogP contribution in [-0.4, -0.2) is 11.0 Å².